The Bertz CT molecular complexity index is 1270. The molecule has 1 amide bonds. The van der Waals surface area contributed by atoms with Crippen molar-refractivity contribution in [1.82, 2.24) is 9.97 Å². The van der Waals surface area contributed by atoms with Gasteiger partial charge in [-0.15, -0.1) is 0 Å². The first kappa shape index (κ1) is 19.1. The van der Waals surface area contributed by atoms with Crippen molar-refractivity contribution in [2.75, 3.05) is 5.32 Å². The van der Waals surface area contributed by atoms with Crippen molar-refractivity contribution < 1.29 is 22.4 Å². The summed E-state index contributed by atoms with van der Waals surface area (Å²) in [6.07, 6.45) is 1.55. The molecule has 4 aromatic rings. The van der Waals surface area contributed by atoms with E-state index in [4.69, 9.17) is 4.42 Å². The summed E-state index contributed by atoms with van der Waals surface area (Å²) in [6, 6.07) is 6.56. The Morgan fingerprint density at radius 2 is 1.90 bits per heavy atom. The van der Waals surface area contributed by atoms with E-state index < -0.39 is 23.4 Å². The molecule has 0 saturated heterocycles. The number of nitrogens with zero attached hydrogens (tertiary/aromatic N) is 2. The van der Waals surface area contributed by atoms with Crippen molar-refractivity contribution >= 4 is 38.8 Å². The number of fused-ring (bicyclic) bond motifs is 1. The normalized spacial score (nSPS) is 11.1. The van der Waals surface area contributed by atoms with Gasteiger partial charge in [-0.05, 0) is 52.7 Å². The van der Waals surface area contributed by atoms with Crippen molar-refractivity contribution in [3.8, 4) is 11.5 Å². The quantitative estimate of drug-likeness (QED) is 0.429. The minimum absolute atomic E-state index is 0.102. The van der Waals surface area contributed by atoms with E-state index in [2.05, 4.69) is 31.2 Å². The van der Waals surface area contributed by atoms with Crippen LogP contribution in [0.2, 0.25) is 0 Å². The molecule has 5 nitrogen and oxygen atoms in total. The minimum Gasteiger partial charge on any atom is -0.434 e. The van der Waals surface area contributed by atoms with E-state index in [0.29, 0.717) is 32.9 Å². The highest BCUT2D eigenvalue weighted by molar-refractivity contribution is 9.10. The number of halogens is 4. The van der Waals surface area contributed by atoms with Crippen molar-refractivity contribution in [3.63, 3.8) is 0 Å². The number of rotatable bonds is 3. The molecule has 0 spiro atoms. The van der Waals surface area contributed by atoms with Gasteiger partial charge in [0.25, 0.3) is 5.91 Å². The summed E-state index contributed by atoms with van der Waals surface area (Å²) in [5, 5.41) is 2.45. The maximum Gasteiger partial charge on any atom is 0.258 e. The number of anilines is 1. The van der Waals surface area contributed by atoms with Crippen LogP contribution in [-0.2, 0) is 0 Å². The fraction of sp³-hybridized carbons (Fsp3) is 0.0500. The van der Waals surface area contributed by atoms with Crippen LogP contribution < -0.4 is 5.32 Å². The number of carbonyl (C=O) groups excluding carboxylic acids is 1. The van der Waals surface area contributed by atoms with Gasteiger partial charge in [0.05, 0.1) is 5.56 Å². The van der Waals surface area contributed by atoms with Crippen LogP contribution in [0.4, 0.5) is 18.9 Å². The predicted octanol–water partition coefficient (Wildman–Crippen LogP) is 5.63. The maximum atomic E-state index is 14.2. The Labute approximate surface area is 170 Å². The number of oxazole rings is 1. The first-order valence-electron chi connectivity index (χ1n) is 8.31. The average Bonchev–Trinajstić information content (AvgIpc) is 3.07. The van der Waals surface area contributed by atoms with Crippen LogP contribution in [0.25, 0.3) is 22.7 Å². The van der Waals surface area contributed by atoms with Gasteiger partial charge >= 0.3 is 0 Å². The largest absolute Gasteiger partial charge is 0.434 e. The predicted molar refractivity (Wildman–Crippen MR) is 104 cm³/mol. The Hall–Kier alpha value is -3.20. The molecule has 0 unspecified atom stereocenters. The third-order valence-corrected chi connectivity index (χ3v) is 4.67. The van der Waals surface area contributed by atoms with E-state index >= 15 is 0 Å². The van der Waals surface area contributed by atoms with Gasteiger partial charge in [0.15, 0.2) is 11.2 Å². The second kappa shape index (κ2) is 7.32. The van der Waals surface area contributed by atoms with Gasteiger partial charge in [-0.2, -0.15) is 4.98 Å². The molecule has 0 radical (unpaired) electrons. The number of carbonyl (C=O) groups is 1. The van der Waals surface area contributed by atoms with Gasteiger partial charge in [0.2, 0.25) is 5.89 Å². The highest BCUT2D eigenvalue weighted by Gasteiger charge is 2.19. The molecular formula is C20H11BrF3N3O2. The number of hydrogen-bond acceptors (Lipinski definition) is 4. The van der Waals surface area contributed by atoms with E-state index in [-0.39, 0.29) is 17.1 Å². The monoisotopic (exact) mass is 461 g/mol. The van der Waals surface area contributed by atoms with Gasteiger partial charge in [-0.3, -0.25) is 4.79 Å². The molecule has 2 aromatic heterocycles. The van der Waals surface area contributed by atoms with Gasteiger partial charge in [-0.25, -0.2) is 18.2 Å². The Morgan fingerprint density at radius 3 is 2.66 bits per heavy atom. The first-order chi connectivity index (χ1) is 13.8. The van der Waals surface area contributed by atoms with E-state index in [9.17, 15) is 18.0 Å². The molecule has 1 N–H and O–H groups in total. The molecular weight excluding hydrogens is 451 g/mol. The molecule has 0 bridgehead atoms. The van der Waals surface area contributed by atoms with Crippen LogP contribution >= 0.6 is 15.9 Å². The number of nitrogens with one attached hydrogen (secondary N) is 1. The zero-order valence-corrected chi connectivity index (χ0v) is 16.4. The lowest BCUT2D eigenvalue weighted by Crippen LogP contribution is -2.15. The summed E-state index contributed by atoms with van der Waals surface area (Å²) in [7, 11) is 0. The zero-order chi connectivity index (χ0) is 20.7. The number of amides is 1. The summed E-state index contributed by atoms with van der Waals surface area (Å²) in [5.41, 5.74) is 1.22. The third-order valence-electron chi connectivity index (χ3n) is 4.24. The van der Waals surface area contributed by atoms with Crippen molar-refractivity contribution in [2.24, 2.45) is 0 Å². The molecule has 9 heteroatoms. The van der Waals surface area contributed by atoms with Crippen molar-refractivity contribution in [1.29, 1.82) is 0 Å². The van der Waals surface area contributed by atoms with Crippen LogP contribution in [0, 0.1) is 24.4 Å². The van der Waals surface area contributed by atoms with Gasteiger partial charge in [0.1, 0.15) is 17.5 Å². The Balaban J connectivity index is 1.73. The zero-order valence-electron chi connectivity index (χ0n) is 14.8. The standard InChI is InChI=1S/C20H11BrF3N3O2/c1-9-14(20-27-18-17(29-20)4-10(21)8-25-18)5-12(23)7-16(9)26-19(28)13-3-2-11(22)6-15(13)24/h2-8H,1H3,(H,26,28). The molecule has 4 rings (SSSR count). The molecule has 0 aliphatic heterocycles. The third kappa shape index (κ3) is 3.73. The number of hydrogen-bond donors (Lipinski definition) is 1. The highest BCUT2D eigenvalue weighted by atomic mass is 79.9. The van der Waals surface area contributed by atoms with Crippen molar-refractivity contribution in [3.05, 3.63) is 75.6 Å². The maximum absolute atomic E-state index is 14.2. The second-order valence-corrected chi connectivity index (χ2v) is 7.11. The number of aromatic nitrogens is 2. The average molecular weight is 462 g/mol. The second-order valence-electron chi connectivity index (χ2n) is 6.20. The minimum atomic E-state index is -1.02. The smallest absolute Gasteiger partial charge is 0.258 e. The first-order valence-corrected chi connectivity index (χ1v) is 9.10. The Kier molecular flexibility index (Phi) is 4.83. The van der Waals surface area contributed by atoms with Crippen LogP contribution in [0.3, 0.4) is 0 Å². The summed E-state index contributed by atoms with van der Waals surface area (Å²) >= 11 is 3.28. The Morgan fingerprint density at radius 1 is 1.10 bits per heavy atom. The van der Waals surface area contributed by atoms with Gasteiger partial charge in [0, 0.05) is 34.1 Å². The molecule has 146 valence electrons. The van der Waals surface area contributed by atoms with Crippen LogP contribution in [0.5, 0.6) is 0 Å². The molecule has 0 fully saturated rings. The molecule has 29 heavy (non-hydrogen) atoms. The summed E-state index contributed by atoms with van der Waals surface area (Å²) in [5.74, 6) is -3.21. The lowest BCUT2D eigenvalue weighted by molar-refractivity contribution is 0.102. The summed E-state index contributed by atoms with van der Waals surface area (Å²) in [4.78, 5) is 20.8. The van der Waals surface area contributed by atoms with Gasteiger partial charge in [-0.1, -0.05) is 0 Å². The fourth-order valence-corrected chi connectivity index (χ4v) is 3.12. The van der Waals surface area contributed by atoms with Crippen molar-refractivity contribution in [2.45, 2.75) is 6.92 Å². The highest BCUT2D eigenvalue weighted by Crippen LogP contribution is 2.32. The molecule has 2 heterocycles. The summed E-state index contributed by atoms with van der Waals surface area (Å²) < 4.78 is 47.5. The molecule has 0 saturated carbocycles. The van der Waals surface area contributed by atoms with Crippen LogP contribution in [-0.4, -0.2) is 15.9 Å². The SMILES string of the molecule is Cc1c(NC(=O)c2ccc(F)cc2F)cc(F)cc1-c1nc2ncc(Br)cc2o1. The molecule has 2 aromatic carbocycles. The van der Waals surface area contributed by atoms with E-state index in [0.717, 1.165) is 18.2 Å². The van der Waals surface area contributed by atoms with Crippen LogP contribution in [0.1, 0.15) is 15.9 Å². The topological polar surface area (TPSA) is 68.0 Å². The van der Waals surface area contributed by atoms with Gasteiger partial charge < -0.3 is 9.73 Å². The lowest BCUT2D eigenvalue weighted by atomic mass is 10.1. The summed E-state index contributed by atoms with van der Waals surface area (Å²) in [6.45, 7) is 1.63. The van der Waals surface area contributed by atoms with E-state index in [1.165, 1.54) is 6.07 Å². The lowest BCUT2D eigenvalue weighted by Gasteiger charge is -2.12. The van der Waals surface area contributed by atoms with E-state index in [1.807, 2.05) is 0 Å². The number of benzene rings is 2. The molecule has 0 atom stereocenters. The number of pyridine rings is 1. The molecule has 0 aliphatic rings. The van der Waals surface area contributed by atoms with E-state index in [1.54, 1.807) is 19.2 Å². The van der Waals surface area contributed by atoms with Crippen LogP contribution in [0.15, 0.2) is 51.5 Å². The molecule has 0 aliphatic carbocycles. The fourth-order valence-electron chi connectivity index (χ4n) is 2.81.